The number of aromatic hydroxyl groups is 1. The van der Waals surface area contributed by atoms with Crippen molar-refractivity contribution >= 4 is 5.69 Å². The molecule has 22 heavy (non-hydrogen) atoms. The third-order valence-corrected chi connectivity index (χ3v) is 4.19. The second kappa shape index (κ2) is 6.28. The van der Waals surface area contributed by atoms with Crippen molar-refractivity contribution < 1.29 is 9.84 Å². The summed E-state index contributed by atoms with van der Waals surface area (Å²) < 4.78 is 5.49. The normalized spacial score (nSPS) is 14.7. The van der Waals surface area contributed by atoms with Crippen LogP contribution in [-0.2, 0) is 6.42 Å². The zero-order chi connectivity index (χ0) is 15.5. The van der Waals surface area contributed by atoms with Crippen LogP contribution < -0.4 is 15.4 Å². The minimum absolute atomic E-state index is 0.0865. The summed E-state index contributed by atoms with van der Waals surface area (Å²) in [6, 6.07) is 14.1. The highest BCUT2D eigenvalue weighted by atomic mass is 16.5. The highest BCUT2D eigenvalue weighted by Gasteiger charge is 2.26. The Kier molecular flexibility index (Phi) is 4.20. The molecule has 3 rings (SSSR count). The smallest absolute Gasteiger partial charge is 0.161 e. The van der Waals surface area contributed by atoms with Crippen LogP contribution >= 0.6 is 0 Å². The molecule has 116 valence electrons. The van der Waals surface area contributed by atoms with E-state index >= 15 is 0 Å². The van der Waals surface area contributed by atoms with E-state index in [0.29, 0.717) is 18.9 Å². The number of nitrogens with zero attached hydrogens (tertiary/aromatic N) is 1. The molecule has 1 unspecified atom stereocenters. The van der Waals surface area contributed by atoms with E-state index in [1.165, 1.54) is 11.3 Å². The fourth-order valence-electron chi connectivity index (χ4n) is 3.14. The van der Waals surface area contributed by atoms with Gasteiger partial charge >= 0.3 is 0 Å². The molecule has 0 saturated carbocycles. The van der Waals surface area contributed by atoms with Gasteiger partial charge in [-0.1, -0.05) is 24.3 Å². The Hall–Kier alpha value is -2.20. The van der Waals surface area contributed by atoms with Gasteiger partial charge in [-0.25, -0.2) is 0 Å². The Balaban J connectivity index is 1.94. The number of nitrogens with two attached hydrogens (primary N) is 1. The molecule has 0 bridgehead atoms. The summed E-state index contributed by atoms with van der Waals surface area (Å²) in [6.07, 6.45) is 1.04. The predicted octanol–water partition coefficient (Wildman–Crippen LogP) is 2.85. The van der Waals surface area contributed by atoms with Crippen LogP contribution in [0.25, 0.3) is 0 Å². The number of hydrogen-bond acceptors (Lipinski definition) is 4. The second-order valence-electron chi connectivity index (χ2n) is 5.48. The van der Waals surface area contributed by atoms with Gasteiger partial charge in [0.05, 0.1) is 12.6 Å². The molecule has 1 aliphatic rings. The van der Waals surface area contributed by atoms with Gasteiger partial charge in [-0.2, -0.15) is 0 Å². The van der Waals surface area contributed by atoms with Gasteiger partial charge in [-0.05, 0) is 42.7 Å². The van der Waals surface area contributed by atoms with Crippen molar-refractivity contribution in [2.24, 2.45) is 5.73 Å². The van der Waals surface area contributed by atoms with Crippen LogP contribution in [0.2, 0.25) is 0 Å². The zero-order valence-corrected chi connectivity index (χ0v) is 12.8. The minimum Gasteiger partial charge on any atom is -0.504 e. The fraction of sp³-hybridized carbons (Fsp3) is 0.333. The van der Waals surface area contributed by atoms with Crippen molar-refractivity contribution in [2.75, 3.05) is 24.6 Å². The summed E-state index contributed by atoms with van der Waals surface area (Å²) in [7, 11) is 0. The molecule has 0 spiro atoms. The number of ether oxygens (including phenoxy) is 1. The van der Waals surface area contributed by atoms with E-state index in [0.717, 1.165) is 18.5 Å². The Morgan fingerprint density at radius 2 is 2.09 bits per heavy atom. The van der Waals surface area contributed by atoms with E-state index < -0.39 is 0 Å². The Morgan fingerprint density at radius 1 is 1.27 bits per heavy atom. The molecule has 0 aromatic heterocycles. The molecule has 3 N–H and O–H groups in total. The Morgan fingerprint density at radius 3 is 2.86 bits per heavy atom. The molecule has 0 amide bonds. The lowest BCUT2D eigenvalue weighted by molar-refractivity contribution is 0.317. The van der Waals surface area contributed by atoms with Gasteiger partial charge in [0, 0.05) is 18.8 Å². The van der Waals surface area contributed by atoms with E-state index in [1.807, 2.05) is 19.1 Å². The maximum Gasteiger partial charge on any atom is 0.161 e. The van der Waals surface area contributed by atoms with E-state index in [9.17, 15) is 5.11 Å². The summed E-state index contributed by atoms with van der Waals surface area (Å²) in [6.45, 7) is 3.91. The van der Waals surface area contributed by atoms with Crippen LogP contribution in [-0.4, -0.2) is 24.8 Å². The van der Waals surface area contributed by atoms with Crippen molar-refractivity contribution in [3.8, 4) is 11.5 Å². The maximum atomic E-state index is 9.87. The SMILES string of the molecule is CCOc1cc(C(CN)N2CCc3ccccc32)ccc1O. The summed E-state index contributed by atoms with van der Waals surface area (Å²) in [4.78, 5) is 2.34. The summed E-state index contributed by atoms with van der Waals surface area (Å²) in [5.41, 5.74) is 9.75. The Labute approximate surface area is 131 Å². The molecule has 0 saturated heterocycles. The van der Waals surface area contributed by atoms with Crippen LogP contribution in [0.4, 0.5) is 5.69 Å². The number of phenolic OH excluding ortho intramolecular Hbond substituents is 1. The van der Waals surface area contributed by atoms with Crippen molar-refractivity contribution in [3.05, 3.63) is 53.6 Å². The lowest BCUT2D eigenvalue weighted by Crippen LogP contribution is -2.32. The van der Waals surface area contributed by atoms with Crippen molar-refractivity contribution in [1.29, 1.82) is 0 Å². The molecule has 0 fully saturated rings. The van der Waals surface area contributed by atoms with Gasteiger partial charge in [0.25, 0.3) is 0 Å². The molecule has 1 aliphatic heterocycles. The molecule has 2 aromatic rings. The number of anilines is 1. The molecular weight excluding hydrogens is 276 g/mol. The first-order valence-corrected chi connectivity index (χ1v) is 7.75. The number of para-hydroxylation sites is 1. The van der Waals surface area contributed by atoms with Gasteiger partial charge < -0.3 is 20.5 Å². The first kappa shape index (κ1) is 14.7. The van der Waals surface area contributed by atoms with Gasteiger partial charge in [-0.15, -0.1) is 0 Å². The van der Waals surface area contributed by atoms with Crippen LogP contribution in [0.15, 0.2) is 42.5 Å². The van der Waals surface area contributed by atoms with Gasteiger partial charge in [-0.3, -0.25) is 0 Å². The van der Waals surface area contributed by atoms with Gasteiger partial charge in [0.2, 0.25) is 0 Å². The van der Waals surface area contributed by atoms with E-state index in [2.05, 4.69) is 29.2 Å². The van der Waals surface area contributed by atoms with Crippen molar-refractivity contribution in [2.45, 2.75) is 19.4 Å². The predicted molar refractivity (Wildman–Crippen MR) is 88.6 cm³/mol. The summed E-state index contributed by atoms with van der Waals surface area (Å²) in [5.74, 6) is 0.689. The Bertz CT molecular complexity index is 657. The standard InChI is InChI=1S/C18H22N2O2/c1-2-22-18-11-14(7-8-17(18)21)16(12-19)20-10-9-13-5-3-4-6-15(13)20/h3-8,11,16,21H,2,9-10,12,19H2,1H3. The number of benzene rings is 2. The quantitative estimate of drug-likeness (QED) is 0.891. The average molecular weight is 298 g/mol. The molecule has 1 atom stereocenters. The monoisotopic (exact) mass is 298 g/mol. The molecule has 1 heterocycles. The average Bonchev–Trinajstić information content (AvgIpc) is 2.96. The van der Waals surface area contributed by atoms with E-state index in [1.54, 1.807) is 6.07 Å². The largest absolute Gasteiger partial charge is 0.504 e. The number of fused-ring (bicyclic) bond motifs is 1. The van der Waals surface area contributed by atoms with E-state index in [4.69, 9.17) is 10.5 Å². The third kappa shape index (κ3) is 2.62. The van der Waals surface area contributed by atoms with Gasteiger partial charge in [0.1, 0.15) is 0 Å². The van der Waals surface area contributed by atoms with Gasteiger partial charge in [0.15, 0.2) is 11.5 Å². The van der Waals surface area contributed by atoms with Crippen LogP contribution in [0, 0.1) is 0 Å². The van der Waals surface area contributed by atoms with Crippen molar-refractivity contribution in [3.63, 3.8) is 0 Å². The lowest BCUT2D eigenvalue weighted by atomic mass is 10.0. The van der Waals surface area contributed by atoms with Crippen molar-refractivity contribution in [1.82, 2.24) is 0 Å². The number of phenols is 1. The fourth-order valence-corrected chi connectivity index (χ4v) is 3.14. The van der Waals surface area contributed by atoms with Crippen LogP contribution in [0.1, 0.15) is 24.1 Å². The molecule has 0 aliphatic carbocycles. The topological polar surface area (TPSA) is 58.7 Å². The maximum absolute atomic E-state index is 9.87. The first-order chi connectivity index (χ1) is 10.7. The summed E-state index contributed by atoms with van der Waals surface area (Å²) >= 11 is 0. The van der Waals surface area contributed by atoms with Crippen LogP contribution in [0.5, 0.6) is 11.5 Å². The minimum atomic E-state index is 0.0865. The molecule has 4 heteroatoms. The number of rotatable bonds is 5. The lowest BCUT2D eigenvalue weighted by Gasteiger charge is -2.30. The second-order valence-corrected chi connectivity index (χ2v) is 5.48. The molecular formula is C18H22N2O2. The molecule has 4 nitrogen and oxygen atoms in total. The molecule has 2 aromatic carbocycles. The highest BCUT2D eigenvalue weighted by molar-refractivity contribution is 5.60. The van der Waals surface area contributed by atoms with E-state index in [-0.39, 0.29) is 11.8 Å². The molecule has 0 radical (unpaired) electrons. The highest BCUT2D eigenvalue weighted by Crippen LogP contribution is 2.37. The third-order valence-electron chi connectivity index (χ3n) is 4.19. The van der Waals surface area contributed by atoms with Crippen LogP contribution in [0.3, 0.4) is 0 Å². The first-order valence-electron chi connectivity index (χ1n) is 7.75. The zero-order valence-electron chi connectivity index (χ0n) is 12.8. The number of hydrogen-bond donors (Lipinski definition) is 2. The summed E-state index contributed by atoms with van der Waals surface area (Å²) in [5, 5.41) is 9.87.